The topological polar surface area (TPSA) is 46.5 Å². The van der Waals surface area contributed by atoms with Crippen LogP contribution in [0.5, 0.6) is 5.75 Å². The summed E-state index contributed by atoms with van der Waals surface area (Å²) in [5.41, 5.74) is -1.53. The Morgan fingerprint density at radius 2 is 1.77 bits per heavy atom. The van der Waals surface area contributed by atoms with Crippen molar-refractivity contribution in [1.82, 2.24) is 0 Å². The van der Waals surface area contributed by atoms with E-state index in [1.807, 2.05) is 0 Å². The third-order valence-electron chi connectivity index (χ3n) is 3.03. The van der Waals surface area contributed by atoms with Crippen molar-refractivity contribution < 1.29 is 32.2 Å². The van der Waals surface area contributed by atoms with E-state index in [1.165, 1.54) is 7.11 Å². The molecule has 0 aliphatic rings. The molecule has 1 N–H and O–H groups in total. The van der Waals surface area contributed by atoms with E-state index in [-0.39, 0.29) is 16.9 Å². The van der Waals surface area contributed by atoms with Crippen LogP contribution in [0.2, 0.25) is 0 Å². The number of carboxylic acids is 1. The van der Waals surface area contributed by atoms with Crippen molar-refractivity contribution in [2.24, 2.45) is 0 Å². The summed E-state index contributed by atoms with van der Waals surface area (Å²) in [5.74, 6) is -2.19. The lowest BCUT2D eigenvalue weighted by molar-refractivity contribution is -0.137. The van der Waals surface area contributed by atoms with E-state index in [1.54, 1.807) is 0 Å². The van der Waals surface area contributed by atoms with Crippen molar-refractivity contribution in [3.8, 4) is 16.9 Å². The van der Waals surface area contributed by atoms with Gasteiger partial charge in [0.05, 0.1) is 18.2 Å². The fourth-order valence-corrected chi connectivity index (χ4v) is 2.02. The van der Waals surface area contributed by atoms with Crippen LogP contribution in [0, 0.1) is 5.82 Å². The summed E-state index contributed by atoms with van der Waals surface area (Å²) in [7, 11) is 1.25. The van der Waals surface area contributed by atoms with Crippen LogP contribution < -0.4 is 4.74 Å². The number of alkyl halides is 3. The summed E-state index contributed by atoms with van der Waals surface area (Å²) in [5, 5.41) is 9.11. The number of aromatic carboxylic acids is 1. The van der Waals surface area contributed by atoms with Crippen molar-refractivity contribution >= 4 is 5.97 Å². The highest BCUT2D eigenvalue weighted by atomic mass is 19.4. The minimum Gasteiger partial charge on any atom is -0.496 e. The Morgan fingerprint density at radius 1 is 1.09 bits per heavy atom. The van der Waals surface area contributed by atoms with Gasteiger partial charge in [0.1, 0.15) is 11.6 Å². The van der Waals surface area contributed by atoms with Gasteiger partial charge in [-0.25, -0.2) is 9.18 Å². The number of carbonyl (C=O) groups is 1. The van der Waals surface area contributed by atoms with E-state index in [9.17, 15) is 22.4 Å². The maximum Gasteiger partial charge on any atom is 0.416 e. The number of benzene rings is 2. The zero-order chi connectivity index (χ0) is 16.5. The molecule has 22 heavy (non-hydrogen) atoms. The van der Waals surface area contributed by atoms with Gasteiger partial charge in [0, 0.05) is 11.1 Å². The van der Waals surface area contributed by atoms with Gasteiger partial charge in [-0.05, 0) is 30.3 Å². The van der Waals surface area contributed by atoms with Gasteiger partial charge < -0.3 is 9.84 Å². The van der Waals surface area contributed by atoms with Crippen molar-refractivity contribution in [2.75, 3.05) is 7.11 Å². The molecule has 0 spiro atoms. The highest BCUT2D eigenvalue weighted by Crippen LogP contribution is 2.38. The third-order valence-corrected chi connectivity index (χ3v) is 3.03. The van der Waals surface area contributed by atoms with Gasteiger partial charge in [-0.3, -0.25) is 0 Å². The summed E-state index contributed by atoms with van der Waals surface area (Å²) < 4.78 is 56.7. The minimum absolute atomic E-state index is 0.0575. The summed E-state index contributed by atoms with van der Waals surface area (Å²) in [6.07, 6.45) is -4.59. The first-order chi connectivity index (χ1) is 10.2. The lowest BCUT2D eigenvalue weighted by Crippen LogP contribution is -2.06. The Balaban J connectivity index is 2.73. The molecule has 2 rings (SSSR count). The smallest absolute Gasteiger partial charge is 0.416 e. The number of ether oxygens (including phenoxy) is 1. The molecule has 0 amide bonds. The fourth-order valence-electron chi connectivity index (χ4n) is 2.02. The monoisotopic (exact) mass is 314 g/mol. The van der Waals surface area contributed by atoms with Crippen LogP contribution in [0.3, 0.4) is 0 Å². The summed E-state index contributed by atoms with van der Waals surface area (Å²) in [4.78, 5) is 11.2. The average molecular weight is 314 g/mol. The van der Waals surface area contributed by atoms with Crippen molar-refractivity contribution in [3.05, 3.63) is 53.3 Å². The Bertz CT molecular complexity index is 723. The number of hydrogen-bond donors (Lipinski definition) is 1. The van der Waals surface area contributed by atoms with E-state index < -0.39 is 29.1 Å². The molecular formula is C15H10F4O3. The van der Waals surface area contributed by atoms with E-state index in [2.05, 4.69) is 0 Å². The minimum atomic E-state index is -4.59. The third kappa shape index (κ3) is 3.03. The highest BCUT2D eigenvalue weighted by Gasteiger charge is 2.31. The van der Waals surface area contributed by atoms with Crippen molar-refractivity contribution in [3.63, 3.8) is 0 Å². The van der Waals surface area contributed by atoms with Crippen LogP contribution in [-0.2, 0) is 6.18 Å². The van der Waals surface area contributed by atoms with Gasteiger partial charge in [-0.1, -0.05) is 6.07 Å². The number of rotatable bonds is 3. The number of halogens is 4. The molecular weight excluding hydrogens is 304 g/mol. The fraction of sp³-hybridized carbons (Fsp3) is 0.133. The first kappa shape index (κ1) is 15.8. The molecule has 0 saturated heterocycles. The molecule has 0 unspecified atom stereocenters. The average Bonchev–Trinajstić information content (AvgIpc) is 2.45. The summed E-state index contributed by atoms with van der Waals surface area (Å²) in [6.45, 7) is 0. The second-order valence-electron chi connectivity index (χ2n) is 4.41. The van der Waals surface area contributed by atoms with E-state index >= 15 is 0 Å². The molecule has 0 atom stereocenters. The quantitative estimate of drug-likeness (QED) is 0.863. The van der Waals surface area contributed by atoms with E-state index in [4.69, 9.17) is 9.84 Å². The Hall–Kier alpha value is -2.57. The molecule has 0 bridgehead atoms. The van der Waals surface area contributed by atoms with Crippen molar-refractivity contribution in [1.29, 1.82) is 0 Å². The van der Waals surface area contributed by atoms with Gasteiger partial charge >= 0.3 is 12.1 Å². The molecule has 0 heterocycles. The molecule has 0 radical (unpaired) electrons. The number of carboxylic acid groups (broad SMARTS) is 1. The van der Waals surface area contributed by atoms with Crippen LogP contribution in [0.15, 0.2) is 36.4 Å². The lowest BCUT2D eigenvalue weighted by Gasteiger charge is -2.14. The van der Waals surface area contributed by atoms with Crippen molar-refractivity contribution in [2.45, 2.75) is 6.18 Å². The van der Waals surface area contributed by atoms with Gasteiger partial charge in [-0.2, -0.15) is 13.2 Å². The largest absolute Gasteiger partial charge is 0.496 e. The first-order valence-electron chi connectivity index (χ1n) is 6.02. The normalized spacial score (nSPS) is 11.3. The second kappa shape index (κ2) is 5.67. The standard InChI is InChI=1S/C15H10F4O3/c1-22-13-5-2-8(15(17,18)19)6-11(13)10-4-3-9(16)7-12(10)14(20)21/h2-7H,1H3,(H,20,21). The van der Waals surface area contributed by atoms with Crippen LogP contribution in [0.25, 0.3) is 11.1 Å². The van der Waals surface area contributed by atoms with Gasteiger partial charge in [0.25, 0.3) is 0 Å². The van der Waals surface area contributed by atoms with Crippen LogP contribution in [-0.4, -0.2) is 18.2 Å². The summed E-state index contributed by atoms with van der Waals surface area (Å²) >= 11 is 0. The van der Waals surface area contributed by atoms with Crippen LogP contribution in [0.4, 0.5) is 17.6 Å². The lowest BCUT2D eigenvalue weighted by atomic mass is 9.96. The highest BCUT2D eigenvalue weighted by molar-refractivity contribution is 5.97. The Kier molecular flexibility index (Phi) is 4.07. The molecule has 0 aliphatic heterocycles. The van der Waals surface area contributed by atoms with Gasteiger partial charge in [-0.15, -0.1) is 0 Å². The molecule has 3 nitrogen and oxygen atoms in total. The Morgan fingerprint density at radius 3 is 2.32 bits per heavy atom. The number of methoxy groups -OCH3 is 1. The molecule has 0 aliphatic carbocycles. The molecule has 0 fully saturated rings. The van der Waals surface area contributed by atoms with Gasteiger partial charge in [0.2, 0.25) is 0 Å². The maximum atomic E-state index is 13.2. The zero-order valence-electron chi connectivity index (χ0n) is 11.2. The zero-order valence-corrected chi connectivity index (χ0v) is 11.2. The SMILES string of the molecule is COc1ccc(C(F)(F)F)cc1-c1ccc(F)cc1C(=O)O. The first-order valence-corrected chi connectivity index (χ1v) is 6.02. The Labute approximate surface area is 122 Å². The van der Waals surface area contributed by atoms with Crippen LogP contribution in [0.1, 0.15) is 15.9 Å². The maximum absolute atomic E-state index is 13.2. The predicted octanol–water partition coefficient (Wildman–Crippen LogP) is 4.22. The molecule has 0 saturated carbocycles. The molecule has 0 aromatic heterocycles. The molecule has 2 aromatic carbocycles. The molecule has 2 aromatic rings. The van der Waals surface area contributed by atoms with E-state index in [0.717, 1.165) is 36.4 Å². The summed E-state index contributed by atoms with van der Waals surface area (Å²) in [6, 6.07) is 5.52. The van der Waals surface area contributed by atoms with Gasteiger partial charge in [0.15, 0.2) is 0 Å². The number of hydrogen-bond acceptors (Lipinski definition) is 2. The van der Waals surface area contributed by atoms with Crippen LogP contribution >= 0.6 is 0 Å². The predicted molar refractivity (Wildman–Crippen MR) is 70.3 cm³/mol. The molecule has 116 valence electrons. The van der Waals surface area contributed by atoms with E-state index in [0.29, 0.717) is 0 Å². The molecule has 7 heteroatoms. The second-order valence-corrected chi connectivity index (χ2v) is 4.41.